The summed E-state index contributed by atoms with van der Waals surface area (Å²) >= 11 is 14.3. The number of anilines is 1. The lowest BCUT2D eigenvalue weighted by Gasteiger charge is -2.07. The van der Waals surface area contributed by atoms with Gasteiger partial charge >= 0.3 is 0 Å². The first-order chi connectivity index (χ1) is 11.0. The van der Waals surface area contributed by atoms with Crippen molar-refractivity contribution in [3.05, 3.63) is 53.3 Å². The molecule has 0 amide bonds. The minimum atomic E-state index is 0.523. The molecular formula is C15H12Br4N4. The van der Waals surface area contributed by atoms with E-state index in [4.69, 9.17) is 5.73 Å². The number of nitrogens with one attached hydrogen (secondary N) is 2. The zero-order valence-electron chi connectivity index (χ0n) is 11.8. The Morgan fingerprint density at radius 3 is 2.30 bits per heavy atom. The predicted molar refractivity (Wildman–Crippen MR) is 109 cm³/mol. The molecule has 0 radical (unpaired) electrons. The van der Waals surface area contributed by atoms with Crippen LogP contribution in [0.1, 0.15) is 11.1 Å². The molecule has 8 heteroatoms. The van der Waals surface area contributed by atoms with Crippen molar-refractivity contribution in [3.8, 4) is 0 Å². The van der Waals surface area contributed by atoms with Crippen molar-refractivity contribution in [3.63, 3.8) is 0 Å². The van der Waals surface area contributed by atoms with Crippen LogP contribution in [0.5, 0.6) is 0 Å². The van der Waals surface area contributed by atoms with Gasteiger partial charge in [0.1, 0.15) is 5.52 Å². The highest BCUT2D eigenvalue weighted by Gasteiger charge is 2.17. The highest BCUT2D eigenvalue weighted by atomic mass is 79.9. The second kappa shape index (κ2) is 7.23. The average molecular weight is 568 g/mol. The molecule has 0 fully saturated rings. The van der Waals surface area contributed by atoms with Crippen molar-refractivity contribution in [2.24, 2.45) is 5.73 Å². The van der Waals surface area contributed by atoms with Gasteiger partial charge in [-0.05, 0) is 74.8 Å². The van der Waals surface area contributed by atoms with E-state index >= 15 is 0 Å². The van der Waals surface area contributed by atoms with E-state index in [-0.39, 0.29) is 0 Å². The molecule has 2 aromatic carbocycles. The van der Waals surface area contributed by atoms with Gasteiger partial charge < -0.3 is 16.0 Å². The molecule has 3 rings (SSSR count). The molecule has 1 aromatic heterocycles. The normalized spacial score (nSPS) is 11.2. The molecule has 3 aromatic rings. The molecule has 4 nitrogen and oxygen atoms in total. The lowest BCUT2D eigenvalue weighted by atomic mass is 10.1. The van der Waals surface area contributed by atoms with Crippen LogP contribution in [-0.2, 0) is 13.1 Å². The smallest absolute Gasteiger partial charge is 0.201 e. The minimum absolute atomic E-state index is 0.523. The molecule has 0 atom stereocenters. The van der Waals surface area contributed by atoms with Crippen molar-refractivity contribution in [2.75, 3.05) is 5.32 Å². The molecule has 0 aliphatic heterocycles. The zero-order valence-corrected chi connectivity index (χ0v) is 18.1. The number of nitrogens with two attached hydrogens (primary N) is 1. The Bertz CT molecular complexity index is 831. The quantitative estimate of drug-likeness (QED) is 0.281. The van der Waals surface area contributed by atoms with Gasteiger partial charge in [-0.25, -0.2) is 4.98 Å². The van der Waals surface area contributed by atoms with Gasteiger partial charge in [-0.15, -0.1) is 0 Å². The molecule has 0 bridgehead atoms. The summed E-state index contributed by atoms with van der Waals surface area (Å²) in [6.45, 7) is 1.18. The van der Waals surface area contributed by atoms with Crippen molar-refractivity contribution in [1.82, 2.24) is 9.97 Å². The van der Waals surface area contributed by atoms with Crippen LogP contribution in [0, 0.1) is 0 Å². The number of H-pyrrole nitrogens is 1. The standard InChI is InChI=1S/C15H12Br4N4/c16-9-10(17)12(19)14-13(11(9)18)22-15(23-14)21-6-8-4-2-1-3-7(8)5-20/h1-4H,5-6,20H2,(H2,21,22,23). The molecule has 0 saturated heterocycles. The van der Waals surface area contributed by atoms with Gasteiger partial charge in [0.15, 0.2) is 0 Å². The fourth-order valence-electron chi connectivity index (χ4n) is 2.29. The monoisotopic (exact) mass is 564 g/mol. The van der Waals surface area contributed by atoms with Crippen molar-refractivity contribution >= 4 is 80.7 Å². The number of fused-ring (bicyclic) bond motifs is 1. The number of benzene rings is 2. The summed E-state index contributed by atoms with van der Waals surface area (Å²) in [6, 6.07) is 8.11. The van der Waals surface area contributed by atoms with E-state index in [0.717, 1.165) is 40.1 Å². The summed E-state index contributed by atoms with van der Waals surface area (Å²) in [4.78, 5) is 7.92. The van der Waals surface area contributed by atoms with E-state index in [1.807, 2.05) is 18.2 Å². The Labute approximate surface area is 167 Å². The number of aromatic amines is 1. The lowest BCUT2D eigenvalue weighted by Crippen LogP contribution is -2.06. The number of hydrogen-bond acceptors (Lipinski definition) is 3. The predicted octanol–water partition coefficient (Wildman–Crippen LogP) is 5.68. The van der Waals surface area contributed by atoms with E-state index in [2.05, 4.69) is 85.1 Å². The van der Waals surface area contributed by atoms with Crippen LogP contribution >= 0.6 is 63.7 Å². The van der Waals surface area contributed by atoms with E-state index in [1.165, 1.54) is 0 Å². The van der Waals surface area contributed by atoms with Gasteiger partial charge in [0.2, 0.25) is 5.95 Å². The van der Waals surface area contributed by atoms with Crippen molar-refractivity contribution < 1.29 is 0 Å². The van der Waals surface area contributed by atoms with E-state index in [0.29, 0.717) is 19.0 Å². The summed E-state index contributed by atoms with van der Waals surface area (Å²) in [5, 5.41) is 3.32. The maximum Gasteiger partial charge on any atom is 0.201 e. The van der Waals surface area contributed by atoms with E-state index < -0.39 is 0 Å². The SMILES string of the molecule is NCc1ccccc1CNc1nc2c(Br)c(Br)c(Br)c(Br)c2[nH]1. The van der Waals surface area contributed by atoms with Crippen LogP contribution in [0.25, 0.3) is 11.0 Å². The Morgan fingerprint density at radius 1 is 0.957 bits per heavy atom. The first kappa shape index (κ1) is 17.4. The van der Waals surface area contributed by atoms with Crippen LogP contribution in [0.2, 0.25) is 0 Å². The Morgan fingerprint density at radius 2 is 1.61 bits per heavy atom. The van der Waals surface area contributed by atoms with Crippen LogP contribution < -0.4 is 11.1 Å². The molecular weight excluding hydrogens is 556 g/mol. The second-order valence-corrected chi connectivity index (χ2v) is 8.06. The summed E-state index contributed by atoms with van der Waals surface area (Å²) < 4.78 is 3.67. The highest BCUT2D eigenvalue weighted by molar-refractivity contribution is 9.15. The largest absolute Gasteiger partial charge is 0.352 e. The van der Waals surface area contributed by atoms with Crippen molar-refractivity contribution in [2.45, 2.75) is 13.1 Å². The van der Waals surface area contributed by atoms with Crippen LogP contribution in [0.15, 0.2) is 42.2 Å². The minimum Gasteiger partial charge on any atom is -0.352 e. The maximum atomic E-state index is 5.78. The van der Waals surface area contributed by atoms with Gasteiger partial charge in [0.05, 0.1) is 14.5 Å². The fourth-order valence-corrected chi connectivity index (χ4v) is 4.57. The number of hydrogen-bond donors (Lipinski definition) is 3. The van der Waals surface area contributed by atoms with Gasteiger partial charge in [-0.1, -0.05) is 24.3 Å². The first-order valence-corrected chi connectivity index (χ1v) is 9.92. The molecule has 23 heavy (non-hydrogen) atoms. The first-order valence-electron chi connectivity index (χ1n) is 6.75. The molecule has 4 N–H and O–H groups in total. The third-order valence-electron chi connectivity index (χ3n) is 3.49. The van der Waals surface area contributed by atoms with Gasteiger partial charge in [-0.3, -0.25) is 0 Å². The lowest BCUT2D eigenvalue weighted by molar-refractivity contribution is 0.998. The molecule has 0 saturated carbocycles. The molecule has 0 aliphatic rings. The molecule has 0 unspecified atom stereocenters. The number of nitrogens with zero attached hydrogens (tertiary/aromatic N) is 1. The number of aromatic nitrogens is 2. The summed E-state index contributed by atoms with van der Waals surface area (Å²) in [5.74, 6) is 0.707. The number of halogens is 4. The molecule has 0 spiro atoms. The number of rotatable bonds is 4. The van der Waals surface area contributed by atoms with Gasteiger partial charge in [-0.2, -0.15) is 0 Å². The van der Waals surface area contributed by atoms with Crippen LogP contribution in [0.4, 0.5) is 5.95 Å². The third-order valence-corrected chi connectivity index (χ3v) is 8.24. The Balaban J connectivity index is 1.93. The van der Waals surface area contributed by atoms with E-state index in [9.17, 15) is 0 Å². The van der Waals surface area contributed by atoms with Crippen LogP contribution in [-0.4, -0.2) is 9.97 Å². The topological polar surface area (TPSA) is 66.7 Å². The summed E-state index contributed by atoms with van der Waals surface area (Å²) in [7, 11) is 0. The number of imidazole rings is 1. The summed E-state index contributed by atoms with van der Waals surface area (Å²) in [6.07, 6.45) is 0. The third kappa shape index (κ3) is 3.37. The second-order valence-electron chi connectivity index (χ2n) is 4.89. The van der Waals surface area contributed by atoms with Gasteiger partial charge in [0, 0.05) is 22.0 Å². The van der Waals surface area contributed by atoms with Gasteiger partial charge in [0.25, 0.3) is 0 Å². The molecule has 0 aliphatic carbocycles. The zero-order chi connectivity index (χ0) is 16.6. The van der Waals surface area contributed by atoms with E-state index in [1.54, 1.807) is 0 Å². The maximum absolute atomic E-state index is 5.78. The highest BCUT2D eigenvalue weighted by Crippen LogP contribution is 2.42. The fraction of sp³-hybridized carbons (Fsp3) is 0.133. The average Bonchev–Trinajstić information content (AvgIpc) is 3.01. The Hall–Kier alpha value is -0.410. The van der Waals surface area contributed by atoms with Crippen LogP contribution in [0.3, 0.4) is 0 Å². The molecule has 120 valence electrons. The summed E-state index contributed by atoms with van der Waals surface area (Å²) in [5.41, 5.74) is 9.84. The molecule has 1 heterocycles. The Kier molecular flexibility index (Phi) is 5.47. The van der Waals surface area contributed by atoms with Crippen molar-refractivity contribution in [1.29, 1.82) is 0 Å².